The van der Waals surface area contributed by atoms with Crippen molar-refractivity contribution in [1.82, 2.24) is 30.2 Å². The number of aromatic nitrogens is 4. The number of carbonyl (C=O) groups excluding carboxylic acids is 2. The number of nitriles is 1. The summed E-state index contributed by atoms with van der Waals surface area (Å²) in [5.74, 6) is -0.206. The maximum Gasteiger partial charge on any atom is 0.248 e. The van der Waals surface area contributed by atoms with Crippen LogP contribution in [0.25, 0.3) is 0 Å². The molecule has 4 rings (SSSR count). The first-order valence-electron chi connectivity index (χ1n) is 11.2. The lowest BCUT2D eigenvalue weighted by molar-refractivity contribution is -0.144. The molecular weight excluding hydrogens is 422 g/mol. The highest BCUT2D eigenvalue weighted by atomic mass is 16.3. The van der Waals surface area contributed by atoms with Crippen molar-refractivity contribution in [2.45, 2.75) is 70.7 Å². The van der Waals surface area contributed by atoms with Crippen LogP contribution in [0.5, 0.6) is 0 Å². The topological polar surface area (TPSA) is 137 Å². The van der Waals surface area contributed by atoms with Crippen molar-refractivity contribution in [2.75, 3.05) is 6.54 Å². The van der Waals surface area contributed by atoms with E-state index in [4.69, 9.17) is 5.26 Å². The van der Waals surface area contributed by atoms with Crippen molar-refractivity contribution >= 4 is 11.8 Å². The third kappa shape index (κ3) is 5.03. The molecular formula is C23H29N7O3. The fraction of sp³-hybridized carbons (Fsp3) is 0.565. The molecule has 2 amide bonds. The molecule has 10 heteroatoms. The molecule has 174 valence electrons. The third-order valence-corrected chi connectivity index (χ3v) is 6.10. The highest BCUT2D eigenvalue weighted by molar-refractivity contribution is 5.90. The van der Waals surface area contributed by atoms with Gasteiger partial charge >= 0.3 is 0 Å². The predicted octanol–water partition coefficient (Wildman–Crippen LogP) is 1.29. The number of carbonyl (C=O) groups is 2. The summed E-state index contributed by atoms with van der Waals surface area (Å²) in [7, 11) is 0. The van der Waals surface area contributed by atoms with Crippen molar-refractivity contribution in [2.24, 2.45) is 5.41 Å². The molecule has 2 aromatic rings. The molecule has 10 nitrogen and oxygen atoms in total. The molecule has 0 bridgehead atoms. The molecule has 1 aliphatic heterocycles. The summed E-state index contributed by atoms with van der Waals surface area (Å²) < 4.78 is 1.61. The van der Waals surface area contributed by atoms with Crippen LogP contribution in [-0.4, -0.2) is 60.5 Å². The first-order chi connectivity index (χ1) is 15.7. The molecule has 2 unspecified atom stereocenters. The van der Waals surface area contributed by atoms with Crippen molar-refractivity contribution < 1.29 is 14.7 Å². The average molecular weight is 452 g/mol. The number of hydrogen-bond donors (Lipinski definition) is 2. The van der Waals surface area contributed by atoms with E-state index in [-0.39, 0.29) is 31.3 Å². The maximum absolute atomic E-state index is 13.7. The Morgan fingerprint density at radius 3 is 2.76 bits per heavy atom. The van der Waals surface area contributed by atoms with Gasteiger partial charge in [-0.1, -0.05) is 26.0 Å². The standard InChI is InChI=1S/C23H29N7O3/c1-23(2,3)20(30-13-18(27-28-30)16-4-5-16)22(33)29-12-17(31)7-19(29)21(32)26-11-15-6-14(8-24)9-25-10-15/h6,9-10,13,16-17,19-20,31H,4-5,7,11-12H2,1-3H3,(H,26,32)/t17?,19?,20-/m1/s1. The van der Waals surface area contributed by atoms with Crippen LogP contribution in [0.1, 0.15) is 68.8 Å². The van der Waals surface area contributed by atoms with Crippen LogP contribution in [0.3, 0.4) is 0 Å². The fourth-order valence-corrected chi connectivity index (χ4v) is 4.28. The minimum atomic E-state index is -0.795. The summed E-state index contributed by atoms with van der Waals surface area (Å²) in [5, 5.41) is 30.6. The Bertz CT molecular complexity index is 1080. The first kappa shape index (κ1) is 22.9. The largest absolute Gasteiger partial charge is 0.391 e. The van der Waals surface area contributed by atoms with Crippen molar-refractivity contribution in [3.05, 3.63) is 41.5 Å². The highest BCUT2D eigenvalue weighted by Gasteiger charge is 2.45. The van der Waals surface area contributed by atoms with Gasteiger partial charge in [0, 0.05) is 44.0 Å². The Morgan fingerprint density at radius 1 is 1.33 bits per heavy atom. The van der Waals surface area contributed by atoms with Gasteiger partial charge in [0.1, 0.15) is 18.2 Å². The van der Waals surface area contributed by atoms with Gasteiger partial charge in [0.05, 0.1) is 17.4 Å². The van der Waals surface area contributed by atoms with Gasteiger partial charge in [-0.3, -0.25) is 14.6 Å². The lowest BCUT2D eigenvalue weighted by Gasteiger charge is -2.34. The molecule has 2 aliphatic rings. The number of hydrogen-bond acceptors (Lipinski definition) is 7. The number of nitrogens with one attached hydrogen (secondary N) is 1. The van der Waals surface area contributed by atoms with Crippen LogP contribution in [0.2, 0.25) is 0 Å². The van der Waals surface area contributed by atoms with E-state index in [0.717, 1.165) is 18.5 Å². The van der Waals surface area contributed by atoms with E-state index in [2.05, 4.69) is 20.6 Å². The predicted molar refractivity (Wildman–Crippen MR) is 117 cm³/mol. The molecule has 1 saturated heterocycles. The Morgan fingerprint density at radius 2 is 2.09 bits per heavy atom. The van der Waals surface area contributed by atoms with Crippen LogP contribution in [-0.2, 0) is 16.1 Å². The molecule has 2 aromatic heterocycles. The Labute approximate surface area is 192 Å². The van der Waals surface area contributed by atoms with E-state index >= 15 is 0 Å². The Hall–Kier alpha value is -3.32. The number of aliphatic hydroxyl groups is 1. The fourth-order valence-electron chi connectivity index (χ4n) is 4.28. The minimum Gasteiger partial charge on any atom is -0.391 e. The molecule has 1 saturated carbocycles. The van der Waals surface area contributed by atoms with E-state index in [1.807, 2.05) is 33.0 Å². The van der Waals surface area contributed by atoms with Crippen molar-refractivity contribution in [3.8, 4) is 6.07 Å². The average Bonchev–Trinajstić information content (AvgIpc) is 3.38. The third-order valence-electron chi connectivity index (χ3n) is 6.10. The van der Waals surface area contributed by atoms with Crippen LogP contribution in [0, 0.1) is 16.7 Å². The lowest BCUT2D eigenvalue weighted by atomic mass is 9.85. The number of β-amino-alcohol motifs (C(OH)–C–C–N with tert-alkyl or cyclic N) is 1. The summed E-state index contributed by atoms with van der Waals surface area (Å²) in [5.41, 5.74) is 1.49. The summed E-state index contributed by atoms with van der Waals surface area (Å²) in [6.45, 7) is 6.10. The Kier molecular flexibility index (Phi) is 6.17. The van der Waals surface area contributed by atoms with E-state index in [9.17, 15) is 14.7 Å². The normalized spacial score (nSPS) is 21.5. The molecule has 0 aromatic carbocycles. The zero-order valence-corrected chi connectivity index (χ0v) is 19.1. The van der Waals surface area contributed by atoms with Gasteiger partial charge in [0.2, 0.25) is 11.8 Å². The maximum atomic E-state index is 13.7. The van der Waals surface area contributed by atoms with Gasteiger partial charge in [0.15, 0.2) is 0 Å². The second-order valence-electron chi connectivity index (χ2n) is 9.97. The highest BCUT2D eigenvalue weighted by Crippen LogP contribution is 2.40. The van der Waals surface area contributed by atoms with Crippen molar-refractivity contribution in [1.29, 1.82) is 5.26 Å². The second-order valence-corrected chi connectivity index (χ2v) is 9.97. The molecule has 3 atom stereocenters. The van der Waals surface area contributed by atoms with Gasteiger partial charge < -0.3 is 15.3 Å². The number of nitrogens with zero attached hydrogens (tertiary/aromatic N) is 6. The quantitative estimate of drug-likeness (QED) is 0.675. The molecule has 2 N–H and O–H groups in total. The van der Waals surface area contributed by atoms with Crippen molar-refractivity contribution in [3.63, 3.8) is 0 Å². The molecule has 33 heavy (non-hydrogen) atoms. The minimum absolute atomic E-state index is 0.0825. The van der Waals surface area contributed by atoms with Gasteiger partial charge in [0.25, 0.3) is 0 Å². The zero-order valence-electron chi connectivity index (χ0n) is 19.1. The van der Waals surface area contributed by atoms with Gasteiger partial charge in [-0.2, -0.15) is 5.26 Å². The first-order valence-corrected chi connectivity index (χ1v) is 11.2. The Balaban J connectivity index is 1.51. The van der Waals surface area contributed by atoms with Crippen LogP contribution in [0.4, 0.5) is 0 Å². The number of aliphatic hydroxyl groups excluding tert-OH is 1. The van der Waals surface area contributed by atoms with Gasteiger partial charge in [-0.25, -0.2) is 4.68 Å². The van der Waals surface area contributed by atoms with Crippen LogP contribution >= 0.6 is 0 Å². The number of pyridine rings is 1. The molecule has 0 radical (unpaired) electrons. The lowest BCUT2D eigenvalue weighted by Crippen LogP contribution is -2.50. The number of amides is 2. The SMILES string of the molecule is CC(C)(C)[C@@H](C(=O)N1CC(O)CC1C(=O)NCc1cncc(C#N)c1)n1cc(C2CC2)nn1. The molecule has 2 fully saturated rings. The smallest absolute Gasteiger partial charge is 0.248 e. The van der Waals surface area contributed by atoms with Gasteiger partial charge in [-0.05, 0) is 29.9 Å². The van der Waals surface area contributed by atoms with Gasteiger partial charge in [-0.15, -0.1) is 5.10 Å². The molecule has 0 spiro atoms. The zero-order chi connectivity index (χ0) is 23.8. The second kappa shape index (κ2) is 8.90. The molecule has 3 heterocycles. The van der Waals surface area contributed by atoms with Crippen LogP contribution in [0.15, 0.2) is 24.7 Å². The summed E-state index contributed by atoms with van der Waals surface area (Å²) in [6, 6.07) is 2.22. The summed E-state index contributed by atoms with van der Waals surface area (Å²) in [4.78, 5) is 32.2. The van der Waals surface area contributed by atoms with Crippen LogP contribution < -0.4 is 5.32 Å². The van der Waals surface area contributed by atoms with E-state index in [1.54, 1.807) is 16.9 Å². The summed E-state index contributed by atoms with van der Waals surface area (Å²) >= 11 is 0. The summed E-state index contributed by atoms with van der Waals surface area (Å²) in [6.07, 6.45) is 6.40. The van der Waals surface area contributed by atoms with E-state index in [0.29, 0.717) is 17.0 Å². The van der Waals surface area contributed by atoms with E-state index < -0.39 is 23.6 Å². The molecule has 1 aliphatic carbocycles. The number of rotatable bonds is 6. The monoisotopic (exact) mass is 451 g/mol. The van der Waals surface area contributed by atoms with E-state index in [1.165, 1.54) is 11.1 Å². The number of likely N-dealkylation sites (tertiary alicyclic amines) is 1.